The average molecular weight is 378 g/mol. The van der Waals surface area contributed by atoms with Gasteiger partial charge in [0.05, 0.1) is 19.1 Å². The zero-order chi connectivity index (χ0) is 19.2. The van der Waals surface area contributed by atoms with E-state index in [0.717, 1.165) is 0 Å². The van der Waals surface area contributed by atoms with Crippen LogP contribution in [-0.4, -0.2) is 30.7 Å². The third-order valence-electron chi connectivity index (χ3n) is 3.79. The van der Waals surface area contributed by atoms with Crippen molar-refractivity contribution in [1.82, 2.24) is 5.32 Å². The normalized spacial score (nSPS) is 12.7. The summed E-state index contributed by atoms with van der Waals surface area (Å²) in [7, 11) is 1.52. The molecule has 2 aromatic carbocycles. The van der Waals surface area contributed by atoms with Gasteiger partial charge < -0.3 is 19.9 Å². The minimum atomic E-state index is -1.12. The zero-order valence-electron chi connectivity index (χ0n) is 14.5. The van der Waals surface area contributed by atoms with Crippen LogP contribution in [0.3, 0.4) is 0 Å². The minimum Gasteiger partial charge on any atom is -0.497 e. The molecule has 0 radical (unpaired) electrons. The summed E-state index contributed by atoms with van der Waals surface area (Å²) in [4.78, 5) is 23.6. The highest BCUT2D eigenvalue weighted by atomic mass is 35.5. The monoisotopic (exact) mass is 377 g/mol. The lowest BCUT2D eigenvalue weighted by Gasteiger charge is -2.30. The molecule has 0 aromatic heterocycles. The molecule has 7 heteroatoms. The molecule has 2 aromatic rings. The summed E-state index contributed by atoms with van der Waals surface area (Å²) >= 11 is 5.87. The lowest BCUT2D eigenvalue weighted by Crippen LogP contribution is -2.46. The molecule has 0 saturated carbocycles. The van der Waals surface area contributed by atoms with Crippen molar-refractivity contribution in [2.75, 3.05) is 13.7 Å². The number of rotatable bonds is 8. The number of amides is 1. The van der Waals surface area contributed by atoms with Gasteiger partial charge in [-0.25, -0.2) is 0 Å². The number of aliphatic carboxylic acids is 1. The topological polar surface area (TPSA) is 84.9 Å². The zero-order valence-corrected chi connectivity index (χ0v) is 15.2. The van der Waals surface area contributed by atoms with Crippen molar-refractivity contribution in [2.24, 2.45) is 0 Å². The van der Waals surface area contributed by atoms with Crippen molar-refractivity contribution in [3.8, 4) is 11.5 Å². The molecule has 0 aliphatic carbocycles. The first-order valence-corrected chi connectivity index (χ1v) is 8.26. The molecule has 1 atom stereocenters. The van der Waals surface area contributed by atoms with E-state index in [1.807, 2.05) is 0 Å². The molecule has 1 unspecified atom stereocenters. The Bertz CT molecular complexity index is 795. The molecule has 0 heterocycles. The van der Waals surface area contributed by atoms with Crippen molar-refractivity contribution < 1.29 is 24.2 Å². The maximum atomic E-state index is 12.3. The van der Waals surface area contributed by atoms with Crippen LogP contribution in [0, 0.1) is 0 Å². The number of benzene rings is 2. The third-order valence-corrected chi connectivity index (χ3v) is 4.03. The smallest absolute Gasteiger partial charge is 0.306 e. The number of carbonyl (C=O) groups is 2. The van der Waals surface area contributed by atoms with E-state index in [-0.39, 0.29) is 13.0 Å². The first-order valence-electron chi connectivity index (χ1n) is 7.88. The molecule has 0 fully saturated rings. The van der Waals surface area contributed by atoms with Crippen LogP contribution in [0.15, 0.2) is 48.5 Å². The van der Waals surface area contributed by atoms with Crippen molar-refractivity contribution in [2.45, 2.75) is 18.9 Å². The average Bonchev–Trinajstić information content (AvgIpc) is 2.59. The molecule has 0 saturated heterocycles. The van der Waals surface area contributed by atoms with Crippen molar-refractivity contribution in [1.29, 1.82) is 0 Å². The van der Waals surface area contributed by atoms with Crippen LogP contribution in [0.2, 0.25) is 5.02 Å². The fourth-order valence-corrected chi connectivity index (χ4v) is 2.72. The molecule has 0 aliphatic heterocycles. The molecule has 2 N–H and O–H groups in total. The van der Waals surface area contributed by atoms with Crippen LogP contribution in [-0.2, 0) is 15.1 Å². The number of carboxylic acid groups (broad SMARTS) is 1. The van der Waals surface area contributed by atoms with Crippen LogP contribution < -0.4 is 14.8 Å². The van der Waals surface area contributed by atoms with E-state index in [1.54, 1.807) is 55.5 Å². The Hall–Kier alpha value is -2.73. The van der Waals surface area contributed by atoms with Crippen LogP contribution >= 0.6 is 11.6 Å². The largest absolute Gasteiger partial charge is 0.497 e. The Balaban J connectivity index is 2.13. The molecule has 0 spiro atoms. The van der Waals surface area contributed by atoms with Gasteiger partial charge in [0.15, 0.2) is 6.61 Å². The Kier molecular flexibility index (Phi) is 6.46. The minimum absolute atomic E-state index is 0.264. The van der Waals surface area contributed by atoms with E-state index in [4.69, 9.17) is 21.1 Å². The summed E-state index contributed by atoms with van der Waals surface area (Å²) < 4.78 is 10.6. The first kappa shape index (κ1) is 19.6. The van der Waals surface area contributed by atoms with Gasteiger partial charge in [-0.3, -0.25) is 9.59 Å². The maximum Gasteiger partial charge on any atom is 0.306 e. The molecular weight excluding hydrogens is 358 g/mol. The van der Waals surface area contributed by atoms with E-state index in [9.17, 15) is 14.7 Å². The highest BCUT2D eigenvalue weighted by Gasteiger charge is 2.32. The number of methoxy groups -OCH3 is 1. The second-order valence-electron chi connectivity index (χ2n) is 5.93. The van der Waals surface area contributed by atoms with E-state index in [1.165, 1.54) is 7.11 Å². The van der Waals surface area contributed by atoms with Gasteiger partial charge in [-0.15, -0.1) is 0 Å². The second-order valence-corrected chi connectivity index (χ2v) is 6.37. The predicted molar refractivity (Wildman–Crippen MR) is 97.7 cm³/mol. The predicted octanol–water partition coefficient (Wildman–Crippen LogP) is 3.23. The van der Waals surface area contributed by atoms with Crippen LogP contribution in [0.5, 0.6) is 11.5 Å². The number of nitrogens with one attached hydrogen (secondary N) is 1. The molecule has 2 rings (SSSR count). The maximum absolute atomic E-state index is 12.3. The van der Waals surface area contributed by atoms with Gasteiger partial charge in [-0.05, 0) is 42.8 Å². The van der Waals surface area contributed by atoms with Gasteiger partial charge in [-0.1, -0.05) is 29.8 Å². The Labute approximate surface area is 156 Å². The first-order chi connectivity index (χ1) is 12.3. The van der Waals surface area contributed by atoms with E-state index in [0.29, 0.717) is 22.1 Å². The summed E-state index contributed by atoms with van der Waals surface area (Å²) in [5.41, 5.74) is -0.495. The highest BCUT2D eigenvalue weighted by molar-refractivity contribution is 6.30. The van der Waals surface area contributed by atoms with E-state index >= 15 is 0 Å². The van der Waals surface area contributed by atoms with Gasteiger partial charge in [0.2, 0.25) is 0 Å². The van der Waals surface area contributed by atoms with Gasteiger partial charge in [0.25, 0.3) is 5.91 Å². The van der Waals surface area contributed by atoms with Gasteiger partial charge >= 0.3 is 5.97 Å². The summed E-state index contributed by atoms with van der Waals surface area (Å²) in [6.07, 6.45) is -0.289. The van der Waals surface area contributed by atoms with Gasteiger partial charge in [-0.2, -0.15) is 0 Å². The summed E-state index contributed by atoms with van der Waals surface area (Å²) in [6, 6.07) is 13.6. The molecule has 1 amide bonds. The molecular formula is C19H20ClNO5. The van der Waals surface area contributed by atoms with Crippen molar-refractivity contribution >= 4 is 23.5 Å². The fourth-order valence-electron chi connectivity index (χ4n) is 2.54. The molecule has 26 heavy (non-hydrogen) atoms. The van der Waals surface area contributed by atoms with Crippen molar-refractivity contribution in [3.63, 3.8) is 0 Å². The third kappa shape index (κ3) is 5.39. The summed E-state index contributed by atoms with van der Waals surface area (Å²) in [5, 5.41) is 12.5. The Morgan fingerprint density at radius 1 is 1.15 bits per heavy atom. The lowest BCUT2D eigenvalue weighted by atomic mass is 9.88. The number of carboxylic acids is 1. The summed E-state index contributed by atoms with van der Waals surface area (Å²) in [6.45, 7) is 1.38. The van der Waals surface area contributed by atoms with Crippen LogP contribution in [0.1, 0.15) is 18.9 Å². The van der Waals surface area contributed by atoms with Crippen LogP contribution in [0.4, 0.5) is 0 Å². The Morgan fingerprint density at radius 2 is 1.85 bits per heavy atom. The fraction of sp³-hybridized carbons (Fsp3) is 0.263. The molecule has 138 valence electrons. The lowest BCUT2D eigenvalue weighted by molar-refractivity contribution is -0.139. The Morgan fingerprint density at radius 3 is 2.50 bits per heavy atom. The number of halogens is 1. The number of carbonyl (C=O) groups excluding carboxylic acids is 1. The number of ether oxygens (including phenoxy) is 2. The molecule has 0 aliphatic rings. The molecule has 6 nitrogen and oxygen atoms in total. The molecule has 0 bridgehead atoms. The highest BCUT2D eigenvalue weighted by Crippen LogP contribution is 2.28. The standard InChI is InChI=1S/C19H20ClNO5/c1-19(11-18(23)24,13-5-3-7-15(9-13)25-2)21-17(22)12-26-16-8-4-6-14(20)10-16/h3-10H,11-12H2,1-2H3,(H,21,22)(H,23,24). The van der Waals surface area contributed by atoms with Crippen LogP contribution in [0.25, 0.3) is 0 Å². The quantitative estimate of drug-likeness (QED) is 0.737. The SMILES string of the molecule is COc1cccc(C(C)(CC(=O)O)NC(=O)COc2cccc(Cl)c2)c1. The second kappa shape index (κ2) is 8.58. The van der Waals surface area contributed by atoms with E-state index < -0.39 is 17.4 Å². The number of hydrogen-bond donors (Lipinski definition) is 2. The van der Waals surface area contributed by atoms with Gasteiger partial charge in [0, 0.05) is 5.02 Å². The number of hydrogen-bond acceptors (Lipinski definition) is 4. The van der Waals surface area contributed by atoms with Crippen molar-refractivity contribution in [3.05, 3.63) is 59.1 Å². The van der Waals surface area contributed by atoms with E-state index in [2.05, 4.69) is 5.32 Å². The summed E-state index contributed by atoms with van der Waals surface area (Å²) in [5.74, 6) is -0.458. The van der Waals surface area contributed by atoms with Gasteiger partial charge in [0.1, 0.15) is 11.5 Å².